The van der Waals surface area contributed by atoms with Gasteiger partial charge in [-0.3, -0.25) is 24.1 Å². The van der Waals surface area contributed by atoms with Crippen LogP contribution in [0.3, 0.4) is 0 Å². The number of fused-ring (bicyclic) bond motifs is 3. The molecule has 39 heavy (non-hydrogen) atoms. The Bertz CT molecular complexity index is 1590. The van der Waals surface area contributed by atoms with Crippen molar-refractivity contribution in [3.63, 3.8) is 0 Å². The fourth-order valence-corrected chi connectivity index (χ4v) is 7.52. The highest BCUT2D eigenvalue weighted by atomic mass is 79.9. The van der Waals surface area contributed by atoms with E-state index in [9.17, 15) is 24.3 Å². The monoisotopic (exact) mass is 715 g/mol. The number of phenols is 1. The molecule has 198 valence electrons. The summed E-state index contributed by atoms with van der Waals surface area (Å²) in [4.78, 5) is 55.5. The van der Waals surface area contributed by atoms with Gasteiger partial charge < -0.3 is 9.84 Å². The maximum absolute atomic E-state index is 13.9. The van der Waals surface area contributed by atoms with Gasteiger partial charge in [-0.2, -0.15) is 0 Å². The summed E-state index contributed by atoms with van der Waals surface area (Å²) < 4.78 is 6.74. The molecule has 1 N–H and O–H groups in total. The first-order valence-electron chi connectivity index (χ1n) is 12.2. The summed E-state index contributed by atoms with van der Waals surface area (Å²) in [6.07, 6.45) is 3.75. The van der Waals surface area contributed by atoms with E-state index in [0.29, 0.717) is 33.3 Å². The fraction of sp³-hybridized carbons (Fsp3) is 0.241. The van der Waals surface area contributed by atoms with Gasteiger partial charge in [-0.15, -0.1) is 0 Å². The highest BCUT2D eigenvalue weighted by molar-refractivity contribution is 9.12. The van der Waals surface area contributed by atoms with Crippen molar-refractivity contribution < 1.29 is 29.0 Å². The first kappa shape index (κ1) is 26.4. The minimum Gasteiger partial charge on any atom is -0.503 e. The van der Waals surface area contributed by atoms with E-state index in [4.69, 9.17) is 4.74 Å². The number of halogens is 3. The van der Waals surface area contributed by atoms with Crippen LogP contribution in [0.1, 0.15) is 24.3 Å². The zero-order valence-corrected chi connectivity index (χ0v) is 25.2. The van der Waals surface area contributed by atoms with Crippen molar-refractivity contribution in [3.8, 4) is 11.5 Å². The van der Waals surface area contributed by atoms with Gasteiger partial charge in [0.15, 0.2) is 23.1 Å². The first-order chi connectivity index (χ1) is 18.6. The molecule has 0 radical (unpaired) electrons. The average molecular weight is 718 g/mol. The molecule has 0 unspecified atom stereocenters. The SMILES string of the molecule is COc1cc([C@H]2C3=CC[C@@H]4C(=O)N(c5ccc(Br)cc5)C(=O)[C@@H]4[C@@H]3CC3=C2C(=O)C=C(Br)C3=O)cc(Br)c1O. The van der Waals surface area contributed by atoms with E-state index in [1.165, 1.54) is 18.1 Å². The Morgan fingerprint density at radius 1 is 0.974 bits per heavy atom. The number of carbonyl (C=O) groups is 4. The van der Waals surface area contributed by atoms with Crippen molar-refractivity contribution in [3.05, 3.63) is 84.3 Å². The van der Waals surface area contributed by atoms with Gasteiger partial charge in [-0.05, 0) is 92.6 Å². The molecule has 0 bridgehead atoms. The number of carbonyl (C=O) groups excluding carboxylic acids is 4. The molecule has 3 aliphatic carbocycles. The summed E-state index contributed by atoms with van der Waals surface area (Å²) in [7, 11) is 1.43. The Hall–Kier alpha value is -2.82. The van der Waals surface area contributed by atoms with Crippen molar-refractivity contribution >= 4 is 76.9 Å². The van der Waals surface area contributed by atoms with Crippen molar-refractivity contribution in [2.24, 2.45) is 17.8 Å². The van der Waals surface area contributed by atoms with Crippen LogP contribution in [0.5, 0.6) is 11.5 Å². The number of hydrogen-bond acceptors (Lipinski definition) is 6. The van der Waals surface area contributed by atoms with Crippen molar-refractivity contribution in [1.82, 2.24) is 0 Å². The number of ether oxygens (including phenoxy) is 1. The predicted octanol–water partition coefficient (Wildman–Crippen LogP) is 5.89. The van der Waals surface area contributed by atoms with Crippen LogP contribution in [-0.2, 0) is 19.2 Å². The Balaban J connectivity index is 1.51. The number of rotatable bonds is 3. The van der Waals surface area contributed by atoms with E-state index in [1.807, 2.05) is 6.08 Å². The average Bonchev–Trinajstić information content (AvgIpc) is 3.18. The van der Waals surface area contributed by atoms with Crippen LogP contribution >= 0.6 is 47.8 Å². The molecule has 0 spiro atoms. The minimum atomic E-state index is -0.673. The second-order valence-corrected chi connectivity index (χ2v) is 12.6. The number of Topliss-reactive ketones (excluding diaryl/α,β-unsaturated/α-hetero) is 1. The van der Waals surface area contributed by atoms with Gasteiger partial charge >= 0.3 is 0 Å². The zero-order chi connectivity index (χ0) is 27.7. The minimum absolute atomic E-state index is 0.0871. The molecule has 1 saturated heterocycles. The molecule has 2 aromatic carbocycles. The molecule has 1 fully saturated rings. The van der Waals surface area contributed by atoms with Gasteiger partial charge in [0.25, 0.3) is 0 Å². The number of aromatic hydroxyl groups is 1. The lowest BCUT2D eigenvalue weighted by Crippen LogP contribution is -2.39. The molecule has 10 heteroatoms. The molecular formula is C29H20Br3NO6. The van der Waals surface area contributed by atoms with Gasteiger partial charge in [0, 0.05) is 27.6 Å². The number of methoxy groups -OCH3 is 1. The molecule has 1 heterocycles. The van der Waals surface area contributed by atoms with Crippen LogP contribution in [0, 0.1) is 17.8 Å². The second-order valence-electron chi connectivity index (χ2n) is 9.94. The third-order valence-electron chi connectivity index (χ3n) is 8.02. The number of nitrogens with zero attached hydrogens (tertiary/aromatic N) is 1. The molecular weight excluding hydrogens is 698 g/mol. The fourth-order valence-electron chi connectivity index (χ4n) is 6.35. The molecule has 0 aromatic heterocycles. The van der Waals surface area contributed by atoms with E-state index >= 15 is 0 Å². The molecule has 2 aromatic rings. The van der Waals surface area contributed by atoms with Crippen LogP contribution in [0.4, 0.5) is 5.69 Å². The number of ketones is 2. The van der Waals surface area contributed by atoms with E-state index in [0.717, 1.165) is 10.0 Å². The summed E-state index contributed by atoms with van der Waals surface area (Å²) >= 11 is 10.00. The van der Waals surface area contributed by atoms with Crippen LogP contribution in [0.25, 0.3) is 0 Å². The zero-order valence-electron chi connectivity index (χ0n) is 20.4. The normalized spacial score (nSPS) is 26.2. The van der Waals surface area contributed by atoms with E-state index in [1.54, 1.807) is 36.4 Å². The number of phenolic OH excluding ortho intramolecular Hbond substituents is 1. The lowest BCUT2D eigenvalue weighted by atomic mass is 9.59. The van der Waals surface area contributed by atoms with Crippen LogP contribution < -0.4 is 9.64 Å². The van der Waals surface area contributed by atoms with Crippen molar-refractivity contribution in [1.29, 1.82) is 0 Å². The summed E-state index contributed by atoms with van der Waals surface area (Å²) in [5.41, 5.74) is 2.64. The highest BCUT2D eigenvalue weighted by Gasteiger charge is 2.56. The molecule has 0 saturated carbocycles. The number of benzene rings is 2. The Kier molecular flexibility index (Phi) is 6.55. The molecule has 4 atom stereocenters. The number of allylic oxidation sites excluding steroid dienone is 6. The summed E-state index contributed by atoms with van der Waals surface area (Å²) in [5.74, 6) is -3.40. The molecule has 6 rings (SSSR count). The van der Waals surface area contributed by atoms with Gasteiger partial charge in [-0.1, -0.05) is 27.6 Å². The smallest absolute Gasteiger partial charge is 0.238 e. The molecule has 1 aliphatic heterocycles. The topological polar surface area (TPSA) is 101 Å². The van der Waals surface area contributed by atoms with Gasteiger partial charge in [0.05, 0.1) is 33.6 Å². The summed E-state index contributed by atoms with van der Waals surface area (Å²) in [6.45, 7) is 0. The van der Waals surface area contributed by atoms with Crippen LogP contribution in [0.2, 0.25) is 0 Å². The second kappa shape index (κ2) is 9.67. The van der Waals surface area contributed by atoms with Gasteiger partial charge in [-0.25, -0.2) is 0 Å². The third kappa shape index (κ3) is 4.02. The van der Waals surface area contributed by atoms with Crippen LogP contribution in [0.15, 0.2) is 78.7 Å². The highest BCUT2D eigenvalue weighted by Crippen LogP contribution is 2.56. The standard InChI is InChI=1S/C29H20Br3NO6/c1-39-22-9-12(8-19(31)27(22)36)23-15-6-7-16-24(17(15)10-18-25(23)21(34)11-20(32)26(18)35)29(38)33(28(16)37)14-4-2-13(30)3-5-14/h2-6,8-9,11,16-17,23-24,36H,7,10H2,1H3/t16-,17+,23-,24-/m0/s1. The summed E-state index contributed by atoms with van der Waals surface area (Å²) in [5, 5.41) is 10.4. The van der Waals surface area contributed by atoms with E-state index in [-0.39, 0.29) is 45.8 Å². The van der Waals surface area contributed by atoms with Crippen molar-refractivity contribution in [2.45, 2.75) is 18.8 Å². The van der Waals surface area contributed by atoms with Crippen molar-refractivity contribution in [2.75, 3.05) is 12.0 Å². The van der Waals surface area contributed by atoms with E-state index < -0.39 is 23.7 Å². The largest absolute Gasteiger partial charge is 0.503 e. The Morgan fingerprint density at radius 3 is 2.38 bits per heavy atom. The number of anilines is 1. The summed E-state index contributed by atoms with van der Waals surface area (Å²) in [6, 6.07) is 10.3. The first-order valence-corrected chi connectivity index (χ1v) is 14.6. The quantitative estimate of drug-likeness (QED) is 0.242. The maximum atomic E-state index is 13.9. The lowest BCUT2D eigenvalue weighted by Gasteiger charge is -2.42. The molecule has 7 nitrogen and oxygen atoms in total. The van der Waals surface area contributed by atoms with Gasteiger partial charge in [0.1, 0.15) is 0 Å². The Labute approximate surface area is 249 Å². The number of hydrogen-bond donors (Lipinski definition) is 1. The third-order valence-corrected chi connectivity index (χ3v) is 9.74. The molecule has 2 amide bonds. The Morgan fingerprint density at radius 2 is 1.69 bits per heavy atom. The molecule has 4 aliphatic rings. The van der Waals surface area contributed by atoms with E-state index in [2.05, 4.69) is 47.8 Å². The maximum Gasteiger partial charge on any atom is 0.238 e. The lowest BCUT2D eigenvalue weighted by molar-refractivity contribution is -0.123. The number of amides is 2. The predicted molar refractivity (Wildman–Crippen MR) is 154 cm³/mol. The van der Waals surface area contributed by atoms with Crippen LogP contribution in [-0.4, -0.2) is 35.6 Å². The number of imide groups is 1. The van der Waals surface area contributed by atoms with Gasteiger partial charge in [0.2, 0.25) is 11.8 Å².